The molecule has 0 aliphatic heterocycles. The lowest BCUT2D eigenvalue weighted by molar-refractivity contribution is 1.18. The van der Waals surface area contributed by atoms with Gasteiger partial charge in [-0.1, -0.05) is 176 Å². The van der Waals surface area contributed by atoms with E-state index in [1.807, 2.05) is 29.5 Å². The number of nitrogens with zero attached hydrogens (tertiary/aromatic N) is 2. The number of aromatic nitrogens is 2. The van der Waals surface area contributed by atoms with Crippen molar-refractivity contribution in [2.75, 3.05) is 0 Å². The maximum Gasteiger partial charge on any atom is 0.160 e. The van der Waals surface area contributed by atoms with Gasteiger partial charge in [-0.25, -0.2) is 9.97 Å². The molecule has 2 nitrogen and oxygen atoms in total. The van der Waals surface area contributed by atoms with Crippen molar-refractivity contribution >= 4 is 42.3 Å². The summed E-state index contributed by atoms with van der Waals surface area (Å²) < 4.78 is 2.67. The summed E-state index contributed by atoms with van der Waals surface area (Å²) in [4.78, 5) is 10.1. The Hall–Kier alpha value is -6.68. The third-order valence-electron chi connectivity index (χ3n) is 10.1. The van der Waals surface area contributed by atoms with Gasteiger partial charge in [-0.05, 0) is 62.4 Å². The van der Waals surface area contributed by atoms with E-state index >= 15 is 0 Å². The predicted octanol–water partition coefficient (Wildman–Crippen LogP) is 14.0. The summed E-state index contributed by atoms with van der Waals surface area (Å²) in [5.74, 6) is 0.713. The Morgan fingerprint density at radius 3 is 1.55 bits per heavy atom. The number of thiophene rings is 1. The minimum absolute atomic E-state index is 0.713. The molecule has 0 amide bonds. The van der Waals surface area contributed by atoms with Gasteiger partial charge < -0.3 is 0 Å². The van der Waals surface area contributed by atoms with Crippen molar-refractivity contribution in [3.8, 4) is 67.3 Å². The van der Waals surface area contributed by atoms with Crippen LogP contribution in [0.15, 0.2) is 194 Å². The summed E-state index contributed by atoms with van der Waals surface area (Å²) in [5.41, 5.74) is 12.1. The zero-order chi connectivity index (χ0) is 35.1. The number of rotatable bonds is 6. The number of benzene rings is 8. The molecule has 248 valence electrons. The molecule has 2 heterocycles. The lowest BCUT2D eigenvalue weighted by Crippen LogP contribution is -1.96. The van der Waals surface area contributed by atoms with Crippen molar-refractivity contribution in [2.24, 2.45) is 0 Å². The first kappa shape index (κ1) is 31.1. The van der Waals surface area contributed by atoms with Crippen LogP contribution in [-0.2, 0) is 0 Å². The van der Waals surface area contributed by atoms with Gasteiger partial charge in [0.05, 0.1) is 11.4 Å². The second-order valence-corrected chi connectivity index (χ2v) is 14.5. The van der Waals surface area contributed by atoms with Gasteiger partial charge in [0, 0.05) is 36.9 Å². The maximum atomic E-state index is 5.07. The monoisotopic (exact) mass is 692 g/mol. The summed E-state index contributed by atoms with van der Waals surface area (Å²) >= 11 is 1.87. The summed E-state index contributed by atoms with van der Waals surface area (Å²) in [6.07, 6.45) is 0. The Balaban J connectivity index is 0.962. The topological polar surface area (TPSA) is 25.8 Å². The fourth-order valence-corrected chi connectivity index (χ4v) is 8.55. The fraction of sp³-hybridized carbons (Fsp3) is 0. The van der Waals surface area contributed by atoms with Crippen molar-refractivity contribution in [3.63, 3.8) is 0 Å². The molecule has 0 aliphatic rings. The van der Waals surface area contributed by atoms with E-state index in [0.29, 0.717) is 5.82 Å². The zero-order valence-electron chi connectivity index (χ0n) is 28.8. The largest absolute Gasteiger partial charge is 0.228 e. The van der Waals surface area contributed by atoms with E-state index in [2.05, 4.69) is 176 Å². The first-order valence-corrected chi connectivity index (χ1v) is 18.7. The van der Waals surface area contributed by atoms with Gasteiger partial charge in [0.1, 0.15) is 0 Å². The third-order valence-corrected chi connectivity index (χ3v) is 11.4. The molecule has 0 unspecified atom stereocenters. The number of hydrogen-bond donors (Lipinski definition) is 0. The van der Waals surface area contributed by atoms with Crippen LogP contribution in [0.5, 0.6) is 0 Å². The second kappa shape index (κ2) is 13.1. The molecule has 0 aliphatic carbocycles. The third kappa shape index (κ3) is 5.87. The highest BCUT2D eigenvalue weighted by Gasteiger charge is 2.13. The van der Waals surface area contributed by atoms with Crippen molar-refractivity contribution in [1.82, 2.24) is 9.97 Å². The molecule has 10 rings (SSSR count). The van der Waals surface area contributed by atoms with Crippen LogP contribution in [0, 0.1) is 0 Å². The molecule has 0 saturated carbocycles. The molecule has 0 fully saturated rings. The van der Waals surface area contributed by atoms with Crippen LogP contribution in [-0.4, -0.2) is 9.97 Å². The Morgan fingerprint density at radius 2 is 0.849 bits per heavy atom. The van der Waals surface area contributed by atoms with Gasteiger partial charge in [-0.15, -0.1) is 11.3 Å². The Kier molecular flexibility index (Phi) is 7.71. The van der Waals surface area contributed by atoms with E-state index in [-0.39, 0.29) is 0 Å². The van der Waals surface area contributed by atoms with Gasteiger partial charge in [0.2, 0.25) is 0 Å². The normalized spacial score (nSPS) is 11.4. The number of fused-ring (bicyclic) bond motifs is 4. The SMILES string of the molecule is c1ccc(-c2nc(-c3ccc(-c4ccc(-c5cccc6c5sc5ccccc56)cc4)cc3)cc(-c3ccc(-c4ccc5ccccc5c4)cc3)n2)cc1. The highest BCUT2D eigenvalue weighted by Crippen LogP contribution is 2.40. The highest BCUT2D eigenvalue weighted by atomic mass is 32.1. The summed E-state index contributed by atoms with van der Waals surface area (Å²) in [5, 5.41) is 5.14. The number of hydrogen-bond acceptors (Lipinski definition) is 3. The van der Waals surface area contributed by atoms with Crippen LogP contribution in [0.2, 0.25) is 0 Å². The van der Waals surface area contributed by atoms with Gasteiger partial charge in [0.15, 0.2) is 5.82 Å². The lowest BCUT2D eigenvalue weighted by Gasteiger charge is -2.11. The smallest absolute Gasteiger partial charge is 0.160 e. The van der Waals surface area contributed by atoms with E-state index in [0.717, 1.165) is 28.1 Å². The summed E-state index contributed by atoms with van der Waals surface area (Å²) in [6, 6.07) is 69.2. The quantitative estimate of drug-likeness (QED) is 0.173. The van der Waals surface area contributed by atoms with Crippen molar-refractivity contribution in [3.05, 3.63) is 194 Å². The molecule has 0 saturated heterocycles. The minimum atomic E-state index is 0.713. The first-order chi connectivity index (χ1) is 26.2. The molecule has 3 heteroatoms. The van der Waals surface area contributed by atoms with E-state index in [1.165, 1.54) is 64.3 Å². The maximum absolute atomic E-state index is 5.07. The van der Waals surface area contributed by atoms with E-state index in [9.17, 15) is 0 Å². The van der Waals surface area contributed by atoms with Gasteiger partial charge >= 0.3 is 0 Å². The van der Waals surface area contributed by atoms with Crippen molar-refractivity contribution in [2.45, 2.75) is 0 Å². The molecular weight excluding hydrogens is 661 g/mol. The molecule has 0 bridgehead atoms. The van der Waals surface area contributed by atoms with Crippen molar-refractivity contribution in [1.29, 1.82) is 0 Å². The Bertz CT molecular complexity index is 2910. The zero-order valence-corrected chi connectivity index (χ0v) is 29.6. The van der Waals surface area contributed by atoms with Gasteiger partial charge in [-0.3, -0.25) is 0 Å². The molecule has 53 heavy (non-hydrogen) atoms. The fourth-order valence-electron chi connectivity index (χ4n) is 7.31. The highest BCUT2D eigenvalue weighted by molar-refractivity contribution is 7.26. The first-order valence-electron chi connectivity index (χ1n) is 17.9. The second-order valence-electron chi connectivity index (χ2n) is 13.4. The molecule has 2 aromatic heterocycles. The van der Waals surface area contributed by atoms with Crippen LogP contribution >= 0.6 is 11.3 Å². The molecular formula is C50H32N2S. The molecule has 0 radical (unpaired) electrons. The molecule has 0 spiro atoms. The lowest BCUT2D eigenvalue weighted by atomic mass is 9.97. The average molecular weight is 693 g/mol. The molecule has 0 N–H and O–H groups in total. The Morgan fingerprint density at radius 1 is 0.321 bits per heavy atom. The van der Waals surface area contributed by atoms with Crippen LogP contribution in [0.25, 0.3) is 98.2 Å². The van der Waals surface area contributed by atoms with Gasteiger partial charge in [0.25, 0.3) is 0 Å². The van der Waals surface area contributed by atoms with Crippen LogP contribution in [0.3, 0.4) is 0 Å². The predicted molar refractivity (Wildman–Crippen MR) is 225 cm³/mol. The Labute approximate surface area is 312 Å². The van der Waals surface area contributed by atoms with Gasteiger partial charge in [-0.2, -0.15) is 0 Å². The van der Waals surface area contributed by atoms with Crippen molar-refractivity contribution < 1.29 is 0 Å². The summed E-state index contributed by atoms with van der Waals surface area (Å²) in [7, 11) is 0. The molecule has 8 aromatic carbocycles. The average Bonchev–Trinajstić information content (AvgIpc) is 3.63. The van der Waals surface area contributed by atoms with Crippen LogP contribution in [0.1, 0.15) is 0 Å². The van der Waals surface area contributed by atoms with E-state index in [4.69, 9.17) is 9.97 Å². The molecule has 10 aromatic rings. The van der Waals surface area contributed by atoms with E-state index < -0.39 is 0 Å². The van der Waals surface area contributed by atoms with Crippen LogP contribution < -0.4 is 0 Å². The molecule has 0 atom stereocenters. The minimum Gasteiger partial charge on any atom is -0.228 e. The summed E-state index contributed by atoms with van der Waals surface area (Å²) in [6.45, 7) is 0. The standard InChI is InChI=1S/C50H32N2S/c1-2-10-40(11-3-1)50-51-46(32-47(52-50)39-28-21-36(22-29-39)42-30-23-33-9-4-5-12-41(33)31-42)38-26-19-35(20-27-38)34-17-24-37(25-18-34)43-14-8-15-45-44-13-6-7-16-48(44)53-49(43)45/h1-32H. The van der Waals surface area contributed by atoms with E-state index in [1.54, 1.807) is 0 Å². The van der Waals surface area contributed by atoms with Crippen LogP contribution in [0.4, 0.5) is 0 Å².